The fourth-order valence-corrected chi connectivity index (χ4v) is 1.14. The van der Waals surface area contributed by atoms with Gasteiger partial charge in [-0.15, -0.1) is 0 Å². The molecule has 0 aromatic heterocycles. The number of aromatic hydroxyl groups is 1. The van der Waals surface area contributed by atoms with E-state index in [1.165, 1.54) is 0 Å². The number of phenolic OH excluding ortho intramolecular Hbond substituents is 1. The molecule has 0 radical (unpaired) electrons. The molecule has 1 unspecified atom stereocenters. The summed E-state index contributed by atoms with van der Waals surface area (Å²) in [4.78, 5) is 0. The van der Waals surface area contributed by atoms with Gasteiger partial charge in [-0.1, -0.05) is 19.1 Å². The highest BCUT2D eigenvalue weighted by atomic mass is 16.5. The maximum absolute atomic E-state index is 9.14. The summed E-state index contributed by atoms with van der Waals surface area (Å²) in [5.74, 6) is 0.223. The Hall–Kier alpha value is -1.06. The molecule has 0 saturated heterocycles. The largest absolute Gasteiger partial charge is 0.508 e. The van der Waals surface area contributed by atoms with Gasteiger partial charge in [0.15, 0.2) is 0 Å². The zero-order chi connectivity index (χ0) is 8.97. The Morgan fingerprint density at radius 1 is 1.50 bits per heavy atom. The van der Waals surface area contributed by atoms with E-state index in [0.717, 1.165) is 12.0 Å². The highest BCUT2D eigenvalue weighted by Gasteiger charge is 2.06. The van der Waals surface area contributed by atoms with Gasteiger partial charge in [0, 0.05) is 0 Å². The van der Waals surface area contributed by atoms with Crippen molar-refractivity contribution in [3.63, 3.8) is 0 Å². The molecule has 12 heavy (non-hydrogen) atoms. The van der Waals surface area contributed by atoms with E-state index in [0.29, 0.717) is 0 Å². The predicted octanol–water partition coefficient (Wildman–Crippen LogP) is 1.82. The first-order chi connectivity index (χ1) is 5.77. The van der Waals surface area contributed by atoms with Crippen LogP contribution in [0.1, 0.15) is 24.9 Å². The Kier molecular flexibility index (Phi) is 3.08. The Labute approximate surface area is 71.6 Å². The average molecular weight is 167 g/mol. The number of nitrogens with one attached hydrogen (secondary N) is 1. The molecule has 0 saturated carbocycles. The monoisotopic (exact) mass is 167 g/mol. The topological polar surface area (TPSA) is 52.5 Å². The molecule has 0 aliphatic rings. The van der Waals surface area contributed by atoms with Gasteiger partial charge in [-0.2, -0.15) is 5.48 Å². The molecule has 0 aliphatic heterocycles. The van der Waals surface area contributed by atoms with E-state index in [1.54, 1.807) is 18.2 Å². The normalized spacial score (nSPS) is 12.8. The number of benzene rings is 1. The minimum atomic E-state index is -0.0999. The van der Waals surface area contributed by atoms with Crippen molar-refractivity contribution in [3.05, 3.63) is 29.8 Å². The van der Waals surface area contributed by atoms with Gasteiger partial charge < -0.3 is 10.3 Å². The van der Waals surface area contributed by atoms with Crippen LogP contribution in [0.5, 0.6) is 5.75 Å². The fraction of sp³-hybridized carbons (Fsp3) is 0.333. The summed E-state index contributed by atoms with van der Waals surface area (Å²) in [6.45, 7) is 1.96. The van der Waals surface area contributed by atoms with E-state index in [-0.39, 0.29) is 11.8 Å². The smallest absolute Gasteiger partial charge is 0.115 e. The average Bonchev–Trinajstić information content (AvgIpc) is 2.07. The van der Waals surface area contributed by atoms with Gasteiger partial charge in [0.1, 0.15) is 5.75 Å². The highest BCUT2D eigenvalue weighted by molar-refractivity contribution is 5.29. The first kappa shape index (κ1) is 9.03. The minimum Gasteiger partial charge on any atom is -0.508 e. The molecule has 0 bridgehead atoms. The van der Waals surface area contributed by atoms with Crippen molar-refractivity contribution in [2.24, 2.45) is 0 Å². The van der Waals surface area contributed by atoms with E-state index in [4.69, 9.17) is 10.3 Å². The Morgan fingerprint density at radius 2 is 2.25 bits per heavy atom. The molecule has 1 aromatic rings. The van der Waals surface area contributed by atoms with Gasteiger partial charge in [-0.25, -0.2) is 0 Å². The lowest BCUT2D eigenvalue weighted by Crippen LogP contribution is -2.15. The first-order valence-corrected chi connectivity index (χ1v) is 3.96. The molecule has 1 rings (SSSR count). The quantitative estimate of drug-likeness (QED) is 0.602. The summed E-state index contributed by atoms with van der Waals surface area (Å²) in [7, 11) is 0. The van der Waals surface area contributed by atoms with Gasteiger partial charge in [0.05, 0.1) is 6.04 Å². The molecular formula is C9H13NO2. The minimum absolute atomic E-state index is 0.0999. The van der Waals surface area contributed by atoms with Crippen LogP contribution in [0.15, 0.2) is 24.3 Å². The molecule has 1 aromatic carbocycles. The predicted molar refractivity (Wildman–Crippen MR) is 46.1 cm³/mol. The first-order valence-electron chi connectivity index (χ1n) is 3.96. The summed E-state index contributed by atoms with van der Waals surface area (Å²) in [6.07, 6.45) is 0.778. The zero-order valence-electron chi connectivity index (χ0n) is 6.99. The van der Waals surface area contributed by atoms with Crippen molar-refractivity contribution < 1.29 is 10.3 Å². The van der Waals surface area contributed by atoms with Gasteiger partial charge >= 0.3 is 0 Å². The van der Waals surface area contributed by atoms with Crippen molar-refractivity contribution in [3.8, 4) is 5.75 Å². The second kappa shape index (κ2) is 4.09. The zero-order valence-corrected chi connectivity index (χ0v) is 6.99. The van der Waals surface area contributed by atoms with E-state index in [9.17, 15) is 0 Å². The molecule has 1 atom stereocenters. The number of hydrogen-bond donors (Lipinski definition) is 3. The molecule has 3 nitrogen and oxygen atoms in total. The van der Waals surface area contributed by atoms with E-state index < -0.39 is 0 Å². The molecule has 66 valence electrons. The molecule has 0 spiro atoms. The highest BCUT2D eigenvalue weighted by Crippen LogP contribution is 2.19. The Balaban J connectivity index is 2.85. The van der Waals surface area contributed by atoms with E-state index >= 15 is 0 Å². The van der Waals surface area contributed by atoms with E-state index in [1.807, 2.05) is 13.0 Å². The van der Waals surface area contributed by atoms with Gasteiger partial charge in [-0.3, -0.25) is 0 Å². The summed E-state index contributed by atoms with van der Waals surface area (Å²) in [6, 6.07) is 6.75. The molecule has 0 heterocycles. The number of rotatable bonds is 3. The second-order valence-corrected chi connectivity index (χ2v) is 2.68. The lowest BCUT2D eigenvalue weighted by atomic mass is 10.1. The number of hydrogen-bond acceptors (Lipinski definition) is 3. The summed E-state index contributed by atoms with van der Waals surface area (Å²) < 4.78 is 0. The summed E-state index contributed by atoms with van der Waals surface area (Å²) in [5.41, 5.74) is 3.07. The van der Waals surface area contributed by atoms with Crippen LogP contribution in [0.25, 0.3) is 0 Å². The number of phenols is 1. The van der Waals surface area contributed by atoms with Crippen LogP contribution in [-0.4, -0.2) is 10.3 Å². The van der Waals surface area contributed by atoms with Gasteiger partial charge in [-0.05, 0) is 24.1 Å². The summed E-state index contributed by atoms with van der Waals surface area (Å²) in [5, 5.41) is 17.9. The molecular weight excluding hydrogens is 154 g/mol. The molecule has 0 aliphatic carbocycles. The van der Waals surface area contributed by atoms with Crippen LogP contribution in [-0.2, 0) is 0 Å². The van der Waals surface area contributed by atoms with Crippen LogP contribution >= 0.6 is 0 Å². The van der Waals surface area contributed by atoms with Crippen LogP contribution < -0.4 is 5.48 Å². The SMILES string of the molecule is CCC(NO)c1cccc(O)c1. The maximum Gasteiger partial charge on any atom is 0.115 e. The maximum atomic E-state index is 9.14. The van der Waals surface area contributed by atoms with Gasteiger partial charge in [0.2, 0.25) is 0 Å². The molecule has 3 N–H and O–H groups in total. The van der Waals surface area contributed by atoms with Gasteiger partial charge in [0.25, 0.3) is 0 Å². The standard InChI is InChI=1S/C9H13NO2/c1-2-9(10-12)7-4-3-5-8(11)6-7/h3-6,9-12H,2H2,1H3. The summed E-state index contributed by atoms with van der Waals surface area (Å²) >= 11 is 0. The Bertz CT molecular complexity index is 246. The third kappa shape index (κ3) is 1.96. The lowest BCUT2D eigenvalue weighted by molar-refractivity contribution is 0.124. The molecule has 0 fully saturated rings. The van der Waals surface area contributed by atoms with Crippen molar-refractivity contribution in [1.82, 2.24) is 5.48 Å². The Morgan fingerprint density at radius 3 is 2.75 bits per heavy atom. The van der Waals surface area contributed by atoms with Crippen LogP contribution in [0.2, 0.25) is 0 Å². The lowest BCUT2D eigenvalue weighted by Gasteiger charge is -2.12. The van der Waals surface area contributed by atoms with Crippen molar-refractivity contribution in [2.75, 3.05) is 0 Å². The fourth-order valence-electron chi connectivity index (χ4n) is 1.14. The second-order valence-electron chi connectivity index (χ2n) is 2.68. The third-order valence-electron chi connectivity index (χ3n) is 1.84. The third-order valence-corrected chi connectivity index (χ3v) is 1.84. The van der Waals surface area contributed by atoms with E-state index in [2.05, 4.69) is 5.48 Å². The van der Waals surface area contributed by atoms with Crippen LogP contribution in [0, 0.1) is 0 Å². The molecule has 3 heteroatoms. The van der Waals surface area contributed by atoms with Crippen LogP contribution in [0.4, 0.5) is 0 Å². The molecule has 0 amide bonds. The van der Waals surface area contributed by atoms with Crippen molar-refractivity contribution in [2.45, 2.75) is 19.4 Å². The van der Waals surface area contributed by atoms with Crippen molar-refractivity contribution in [1.29, 1.82) is 0 Å². The van der Waals surface area contributed by atoms with Crippen molar-refractivity contribution >= 4 is 0 Å². The van der Waals surface area contributed by atoms with Crippen LogP contribution in [0.3, 0.4) is 0 Å². The number of hydroxylamine groups is 1.